The Labute approximate surface area is 165 Å². The summed E-state index contributed by atoms with van der Waals surface area (Å²) in [7, 11) is 2.02. The second-order valence-corrected chi connectivity index (χ2v) is 8.61. The summed E-state index contributed by atoms with van der Waals surface area (Å²) >= 11 is 0. The lowest BCUT2D eigenvalue weighted by atomic mass is 10.1. The van der Waals surface area contributed by atoms with Crippen molar-refractivity contribution in [3.05, 3.63) is 59.7 Å². The fourth-order valence-corrected chi connectivity index (χ4v) is 4.21. The number of amides is 1. The molecule has 1 heterocycles. The molecular weight excluding hydrogens is 376 g/mol. The second kappa shape index (κ2) is 8.12. The largest absolute Gasteiger partial charge is 0.349 e. The molecule has 1 aliphatic rings. The summed E-state index contributed by atoms with van der Waals surface area (Å²) in [4.78, 5) is 16.2. The molecule has 0 saturated heterocycles. The van der Waals surface area contributed by atoms with Crippen LogP contribution in [0.1, 0.15) is 11.1 Å². The van der Waals surface area contributed by atoms with Gasteiger partial charge in [0.1, 0.15) is 4.90 Å². The fourth-order valence-electron chi connectivity index (χ4n) is 2.96. The van der Waals surface area contributed by atoms with Crippen LogP contribution in [0, 0.1) is 0 Å². The first kappa shape index (κ1) is 20.0. The van der Waals surface area contributed by atoms with Crippen LogP contribution in [0.3, 0.4) is 0 Å². The third-order valence-electron chi connectivity index (χ3n) is 4.44. The number of benzene rings is 2. The van der Waals surface area contributed by atoms with Gasteiger partial charge in [0.05, 0.1) is 6.54 Å². The normalized spacial score (nSPS) is 14.5. The van der Waals surface area contributed by atoms with E-state index in [1.807, 2.05) is 38.4 Å². The minimum absolute atomic E-state index is 0.00886. The van der Waals surface area contributed by atoms with E-state index in [2.05, 4.69) is 14.6 Å². The van der Waals surface area contributed by atoms with Crippen molar-refractivity contribution >= 4 is 27.5 Å². The molecule has 1 amide bonds. The van der Waals surface area contributed by atoms with Gasteiger partial charge in [0, 0.05) is 24.8 Å². The Hall–Kier alpha value is -2.71. The lowest BCUT2D eigenvalue weighted by Gasteiger charge is -2.18. The van der Waals surface area contributed by atoms with Gasteiger partial charge in [-0.3, -0.25) is 4.79 Å². The molecule has 0 fully saturated rings. The Kier molecular flexibility index (Phi) is 5.81. The predicted octanol–water partition coefficient (Wildman–Crippen LogP) is 1.81. The maximum Gasteiger partial charge on any atom is 0.285 e. The molecule has 1 N–H and O–H groups in total. The summed E-state index contributed by atoms with van der Waals surface area (Å²) in [6.07, 6.45) is 0.942. The van der Waals surface area contributed by atoms with Gasteiger partial charge in [0.2, 0.25) is 5.91 Å². The van der Waals surface area contributed by atoms with E-state index >= 15 is 0 Å². The third kappa shape index (κ3) is 4.58. The Morgan fingerprint density at radius 1 is 1.04 bits per heavy atom. The molecule has 0 spiro atoms. The highest BCUT2D eigenvalue weighted by Crippen LogP contribution is 2.26. The zero-order chi connectivity index (χ0) is 20.3. The van der Waals surface area contributed by atoms with Gasteiger partial charge >= 0.3 is 0 Å². The molecule has 8 heteroatoms. The number of carbonyl (C=O) groups is 1. The fraction of sp³-hybridized carbons (Fsp3) is 0.300. The summed E-state index contributed by atoms with van der Waals surface area (Å²) in [6, 6.07) is 14.3. The Morgan fingerprint density at radius 3 is 2.39 bits per heavy atom. The number of hydrogen-bond acceptors (Lipinski definition) is 5. The van der Waals surface area contributed by atoms with E-state index < -0.39 is 10.0 Å². The van der Waals surface area contributed by atoms with Gasteiger partial charge in [-0.1, -0.05) is 24.3 Å². The molecule has 2 aromatic carbocycles. The molecule has 0 radical (unpaired) electrons. The first-order valence-electron chi connectivity index (χ1n) is 8.95. The van der Waals surface area contributed by atoms with Gasteiger partial charge in [-0.15, -0.1) is 4.40 Å². The van der Waals surface area contributed by atoms with Crippen molar-refractivity contribution in [2.75, 3.05) is 39.5 Å². The van der Waals surface area contributed by atoms with Gasteiger partial charge in [0.15, 0.2) is 5.84 Å². The Morgan fingerprint density at radius 2 is 1.71 bits per heavy atom. The third-order valence-corrected chi connectivity index (χ3v) is 5.77. The minimum Gasteiger partial charge on any atom is -0.349 e. The van der Waals surface area contributed by atoms with E-state index in [4.69, 9.17) is 0 Å². The molecule has 3 rings (SSSR count). The van der Waals surface area contributed by atoms with Crippen LogP contribution in [-0.2, 0) is 21.2 Å². The number of amidine groups is 1. The van der Waals surface area contributed by atoms with Crippen molar-refractivity contribution in [3.63, 3.8) is 0 Å². The molecule has 0 aliphatic carbocycles. The second-order valence-electron chi connectivity index (χ2n) is 7.04. The van der Waals surface area contributed by atoms with E-state index in [1.165, 1.54) is 11.6 Å². The highest BCUT2D eigenvalue weighted by Gasteiger charge is 2.30. The summed E-state index contributed by atoms with van der Waals surface area (Å²) in [5.74, 6) is 0.0396. The van der Waals surface area contributed by atoms with Crippen molar-refractivity contribution in [3.8, 4) is 0 Å². The Balaban J connectivity index is 1.62. The van der Waals surface area contributed by atoms with Crippen LogP contribution in [-0.4, -0.2) is 64.2 Å². The summed E-state index contributed by atoms with van der Waals surface area (Å²) in [6.45, 7) is 0.952. The molecule has 1 aliphatic heterocycles. The van der Waals surface area contributed by atoms with Crippen LogP contribution in [0.5, 0.6) is 0 Å². The molecule has 0 atom stereocenters. The molecule has 0 bridgehead atoms. The van der Waals surface area contributed by atoms with Crippen LogP contribution in [0.4, 0.5) is 5.69 Å². The molecule has 28 heavy (non-hydrogen) atoms. The van der Waals surface area contributed by atoms with Gasteiger partial charge in [-0.05, 0) is 50.3 Å². The van der Waals surface area contributed by atoms with Gasteiger partial charge in [-0.2, -0.15) is 8.42 Å². The number of sulfonamides is 1. The maximum atomic E-state index is 12.4. The first-order valence-corrected chi connectivity index (χ1v) is 10.4. The highest BCUT2D eigenvalue weighted by atomic mass is 32.2. The standard InChI is InChI=1S/C20H24N4O3S/c1-23(2)13-12-15-8-10-16(11-9-15)21-19(25)14-24(3)20-17-6-4-5-7-18(17)28(26,27)22-20/h4-11H,12-14H2,1-3H3,(H,21,25). The number of nitrogens with zero attached hydrogens (tertiary/aromatic N) is 3. The smallest absolute Gasteiger partial charge is 0.285 e. The lowest BCUT2D eigenvalue weighted by Crippen LogP contribution is -2.34. The molecule has 148 valence electrons. The zero-order valence-corrected chi connectivity index (χ0v) is 17.0. The number of rotatable bonds is 6. The van der Waals surface area contributed by atoms with Crippen molar-refractivity contribution in [1.29, 1.82) is 0 Å². The lowest BCUT2D eigenvalue weighted by molar-refractivity contribution is -0.116. The van der Waals surface area contributed by atoms with Crippen LogP contribution in [0.2, 0.25) is 0 Å². The Bertz CT molecular complexity index is 998. The average molecular weight is 401 g/mol. The molecule has 0 aromatic heterocycles. The number of hydrogen-bond donors (Lipinski definition) is 1. The minimum atomic E-state index is -3.70. The molecule has 0 unspecified atom stereocenters. The number of likely N-dealkylation sites (N-methyl/N-ethyl adjacent to an activating group) is 2. The predicted molar refractivity (Wildman–Crippen MR) is 110 cm³/mol. The number of fused-ring (bicyclic) bond motifs is 1. The zero-order valence-electron chi connectivity index (χ0n) is 16.2. The van der Waals surface area contributed by atoms with Crippen molar-refractivity contribution in [1.82, 2.24) is 9.80 Å². The summed E-state index contributed by atoms with van der Waals surface area (Å²) in [5.41, 5.74) is 2.42. The summed E-state index contributed by atoms with van der Waals surface area (Å²) < 4.78 is 28.1. The van der Waals surface area contributed by atoms with Gasteiger partial charge in [0.25, 0.3) is 10.0 Å². The van der Waals surface area contributed by atoms with Crippen molar-refractivity contribution < 1.29 is 13.2 Å². The number of carbonyl (C=O) groups excluding carboxylic acids is 1. The van der Waals surface area contributed by atoms with Crippen molar-refractivity contribution in [2.24, 2.45) is 4.40 Å². The molecule has 0 saturated carbocycles. The topological polar surface area (TPSA) is 82.1 Å². The highest BCUT2D eigenvalue weighted by molar-refractivity contribution is 7.90. The van der Waals surface area contributed by atoms with Gasteiger partial charge < -0.3 is 15.1 Å². The van der Waals surface area contributed by atoms with Crippen LogP contribution < -0.4 is 5.32 Å². The van der Waals surface area contributed by atoms with E-state index in [-0.39, 0.29) is 23.2 Å². The maximum absolute atomic E-state index is 12.4. The van der Waals surface area contributed by atoms with E-state index in [0.717, 1.165) is 13.0 Å². The molecular formula is C20H24N4O3S. The molecule has 7 nitrogen and oxygen atoms in total. The van der Waals surface area contributed by atoms with Crippen molar-refractivity contribution in [2.45, 2.75) is 11.3 Å². The average Bonchev–Trinajstić information content (AvgIpc) is 2.93. The van der Waals surface area contributed by atoms with Crippen LogP contribution >= 0.6 is 0 Å². The first-order chi connectivity index (χ1) is 13.3. The summed E-state index contributed by atoms with van der Waals surface area (Å²) in [5, 5.41) is 2.84. The quantitative estimate of drug-likeness (QED) is 0.800. The van der Waals surface area contributed by atoms with E-state index in [0.29, 0.717) is 11.3 Å². The number of anilines is 1. The SMILES string of the molecule is CN(C)CCc1ccc(NC(=O)CN(C)C2=NS(=O)(=O)c3ccccc32)cc1. The van der Waals surface area contributed by atoms with Crippen LogP contribution in [0.15, 0.2) is 57.8 Å². The van der Waals surface area contributed by atoms with Crippen LogP contribution in [0.25, 0.3) is 0 Å². The van der Waals surface area contributed by atoms with Gasteiger partial charge in [-0.25, -0.2) is 0 Å². The number of nitrogens with one attached hydrogen (secondary N) is 1. The monoisotopic (exact) mass is 400 g/mol. The molecule has 2 aromatic rings. The van der Waals surface area contributed by atoms with E-state index in [1.54, 1.807) is 30.1 Å². The van der Waals surface area contributed by atoms with E-state index in [9.17, 15) is 13.2 Å².